The molecule has 0 aliphatic carbocycles. The Morgan fingerprint density at radius 3 is 2.22 bits per heavy atom. The van der Waals surface area contributed by atoms with Gasteiger partial charge in [-0.25, -0.2) is 18.5 Å². The van der Waals surface area contributed by atoms with Gasteiger partial charge in [-0.3, -0.25) is 14.0 Å². The molecule has 1 aliphatic rings. The minimum absolute atomic E-state index is 0.00276. The fourth-order valence-corrected chi connectivity index (χ4v) is 8.03. The molecule has 4 rings (SSSR count). The lowest BCUT2D eigenvalue weighted by Crippen LogP contribution is -2.40. The van der Waals surface area contributed by atoms with Crippen molar-refractivity contribution in [1.29, 1.82) is 5.26 Å². The van der Waals surface area contributed by atoms with E-state index >= 15 is 0 Å². The van der Waals surface area contributed by atoms with Crippen molar-refractivity contribution >= 4 is 25.9 Å². The lowest BCUT2D eigenvalue weighted by Gasteiger charge is -2.27. The average molecular weight is 847 g/mol. The summed E-state index contributed by atoms with van der Waals surface area (Å²) >= 11 is 0. The van der Waals surface area contributed by atoms with Gasteiger partial charge in [0.1, 0.15) is 47.8 Å². The number of ether oxygens (including phenoxy) is 3. The zero-order valence-corrected chi connectivity index (χ0v) is 35.4. The first-order valence-corrected chi connectivity index (χ1v) is 22.6. The van der Waals surface area contributed by atoms with E-state index in [2.05, 4.69) is 28.7 Å². The molecule has 1 aromatic carbocycles. The number of hydrogen-bond acceptors (Lipinski definition) is 13. The van der Waals surface area contributed by atoms with E-state index in [1.165, 1.54) is 119 Å². The number of halogens is 1. The molecule has 59 heavy (non-hydrogen) atoms. The number of rotatable bonds is 31. The predicted octanol–water partition coefficient (Wildman–Crippen LogP) is 7.68. The third-order valence-corrected chi connectivity index (χ3v) is 11.6. The van der Waals surface area contributed by atoms with Gasteiger partial charge < -0.3 is 35.1 Å². The zero-order chi connectivity index (χ0) is 42.5. The van der Waals surface area contributed by atoms with Crippen LogP contribution in [0.4, 0.5) is 10.2 Å². The average Bonchev–Trinajstić information content (AvgIpc) is 3.77. The van der Waals surface area contributed by atoms with Gasteiger partial charge in [0.25, 0.3) is 0 Å². The first-order valence-electron chi connectivity index (χ1n) is 21.1. The largest absolute Gasteiger partial charge is 0.472 e. The van der Waals surface area contributed by atoms with Crippen LogP contribution in [0.5, 0.6) is 0 Å². The maximum absolute atomic E-state index is 14.1. The minimum Gasteiger partial charge on any atom is -0.387 e. The van der Waals surface area contributed by atoms with Gasteiger partial charge in [0.2, 0.25) is 5.72 Å². The number of aliphatic hydroxyl groups is 2. The van der Waals surface area contributed by atoms with Gasteiger partial charge in [-0.1, -0.05) is 110 Å². The monoisotopic (exact) mass is 846 g/mol. The number of aromatic nitrogens is 3. The number of nitrogens with zero attached hydrogens (tertiary/aromatic N) is 5. The van der Waals surface area contributed by atoms with Crippen molar-refractivity contribution < 1.29 is 47.3 Å². The molecule has 5 N–H and O–H groups in total. The number of phosphoric acid groups is 1. The van der Waals surface area contributed by atoms with E-state index in [0.717, 1.165) is 25.3 Å². The molecule has 15 nitrogen and oxygen atoms in total. The molecule has 17 heteroatoms. The van der Waals surface area contributed by atoms with Crippen LogP contribution < -0.4 is 5.73 Å². The van der Waals surface area contributed by atoms with Crippen molar-refractivity contribution in [1.82, 2.24) is 14.6 Å². The van der Waals surface area contributed by atoms with Crippen molar-refractivity contribution in [2.45, 2.75) is 153 Å². The molecule has 1 aliphatic heterocycles. The number of nitrogens with two attached hydrogens (primary N) is 1. The van der Waals surface area contributed by atoms with Crippen LogP contribution in [-0.2, 0) is 40.2 Å². The fourth-order valence-electron chi connectivity index (χ4n) is 7.27. The van der Waals surface area contributed by atoms with E-state index in [-0.39, 0.29) is 30.3 Å². The highest BCUT2D eigenvalue weighted by molar-refractivity contribution is 7.47. The molecule has 0 radical (unpaired) electrons. The van der Waals surface area contributed by atoms with Crippen molar-refractivity contribution in [3.63, 3.8) is 0 Å². The van der Waals surface area contributed by atoms with Crippen LogP contribution in [0, 0.1) is 17.1 Å². The van der Waals surface area contributed by atoms with Gasteiger partial charge in [-0.2, -0.15) is 10.4 Å². The highest BCUT2D eigenvalue weighted by Crippen LogP contribution is 2.47. The lowest BCUT2D eigenvalue weighted by molar-refractivity contribution is -0.0957. The predicted molar refractivity (Wildman–Crippen MR) is 222 cm³/mol. The summed E-state index contributed by atoms with van der Waals surface area (Å²) in [5.74, 6) is -0.443. The summed E-state index contributed by atoms with van der Waals surface area (Å²) in [6.45, 7) is 5.00. The van der Waals surface area contributed by atoms with Crippen LogP contribution in [-0.4, -0.2) is 87.3 Å². The Morgan fingerprint density at radius 2 is 1.61 bits per heavy atom. The molecule has 3 heterocycles. The van der Waals surface area contributed by atoms with Crippen LogP contribution >= 0.6 is 7.82 Å². The van der Waals surface area contributed by atoms with Crippen LogP contribution in [0.3, 0.4) is 0 Å². The molecular formula is C42H64FN6O9P. The molecule has 1 unspecified atom stereocenters. The van der Waals surface area contributed by atoms with E-state index < -0.39 is 57.0 Å². The maximum atomic E-state index is 14.1. The molecule has 1 saturated heterocycles. The number of unbranched alkanes of at least 4 members (excludes halogenated alkanes) is 16. The first-order chi connectivity index (χ1) is 28.5. The molecule has 0 bridgehead atoms. The molecule has 328 valence electrons. The number of aliphatic imine (C=N–C) groups is 1. The normalized spacial score (nSPS) is 20.8. The summed E-state index contributed by atoms with van der Waals surface area (Å²) in [5.41, 5.74) is 5.11. The minimum atomic E-state index is -4.80. The number of nitriles is 1. The summed E-state index contributed by atoms with van der Waals surface area (Å²) in [5, 5.41) is 35.3. The van der Waals surface area contributed by atoms with Crippen LogP contribution in [0.1, 0.15) is 133 Å². The standard InChI is InChI=1S/C42H64FN6O9P/c1-3-4-5-6-7-8-9-10-11-12-13-14-15-16-17-18-19-22-54-28-35(55-27-33-23-32(26-44)24-34(43)25-33)29-56-59(52,53)57-30-37-39(50)40(51)42(46-2,58-37)38-21-20-36-41(45)47-31-48-49(36)38/h20-21,23-25,31,35,37,39-40,50-51H,2-19,22,27-30H2,1H3,(H,52,53)(H2,45,47,48)/t35-,37-,39-,40-,42+/m1/s1. The first kappa shape index (κ1) is 48.3. The van der Waals surface area contributed by atoms with Crippen molar-refractivity contribution in [2.75, 3.05) is 32.2 Å². The number of fused-ring (bicyclic) bond motifs is 1. The Balaban J connectivity index is 1.18. The van der Waals surface area contributed by atoms with Crippen LogP contribution in [0.2, 0.25) is 0 Å². The molecule has 2 aromatic heterocycles. The number of nitrogen functional groups attached to an aromatic ring is 1. The number of phosphoric ester groups is 1. The van der Waals surface area contributed by atoms with Crippen LogP contribution in [0.25, 0.3) is 5.52 Å². The highest BCUT2D eigenvalue weighted by atomic mass is 31.2. The second-order valence-electron chi connectivity index (χ2n) is 15.3. The van der Waals surface area contributed by atoms with Gasteiger partial charge in [0.05, 0.1) is 38.1 Å². The summed E-state index contributed by atoms with van der Waals surface area (Å²) in [4.78, 5) is 18.5. The van der Waals surface area contributed by atoms with Crippen molar-refractivity contribution in [3.05, 3.63) is 59.3 Å². The third kappa shape index (κ3) is 15.3. The fraction of sp³-hybridized carbons (Fsp3) is 0.667. The Kier molecular flexibility index (Phi) is 20.8. The van der Waals surface area contributed by atoms with E-state index in [0.29, 0.717) is 17.7 Å². The Morgan fingerprint density at radius 1 is 0.983 bits per heavy atom. The Labute approximate surface area is 347 Å². The number of hydrogen-bond donors (Lipinski definition) is 4. The number of benzene rings is 1. The van der Waals surface area contributed by atoms with Gasteiger partial charge in [-0.05, 0) is 49.0 Å². The summed E-state index contributed by atoms with van der Waals surface area (Å²) < 4.78 is 56.6. The third-order valence-electron chi connectivity index (χ3n) is 10.6. The van der Waals surface area contributed by atoms with Crippen LogP contribution in [0.15, 0.2) is 41.7 Å². The number of anilines is 1. The number of aliphatic hydroxyl groups excluding tert-OH is 2. The van der Waals surface area contributed by atoms with Gasteiger partial charge >= 0.3 is 7.82 Å². The SMILES string of the molecule is C=N[C@@]1(c2ccc3c(N)ncnn23)O[C@H](COP(=O)(O)OC[C@@H](COCCCCCCCCCCCCCCCCCCC)OCc2cc(F)cc(C#N)c2)[C@@H](O)[C@H]1O. The van der Waals surface area contributed by atoms with E-state index in [1.807, 2.05) is 6.07 Å². The molecule has 1 fully saturated rings. The van der Waals surface area contributed by atoms with E-state index in [1.54, 1.807) is 6.07 Å². The topological polar surface area (TPSA) is 216 Å². The maximum Gasteiger partial charge on any atom is 0.472 e. The zero-order valence-electron chi connectivity index (χ0n) is 34.5. The van der Waals surface area contributed by atoms with Gasteiger partial charge in [0.15, 0.2) is 5.82 Å². The Bertz CT molecular complexity index is 1800. The smallest absolute Gasteiger partial charge is 0.387 e. The van der Waals surface area contributed by atoms with Gasteiger partial charge in [-0.15, -0.1) is 0 Å². The molecule has 6 atom stereocenters. The summed E-state index contributed by atoms with van der Waals surface area (Å²) in [7, 11) is -4.80. The van der Waals surface area contributed by atoms with Crippen molar-refractivity contribution in [2.24, 2.45) is 4.99 Å². The summed E-state index contributed by atoms with van der Waals surface area (Å²) in [6, 6.07) is 8.84. The molecular weight excluding hydrogens is 782 g/mol. The highest BCUT2D eigenvalue weighted by Gasteiger charge is 2.57. The van der Waals surface area contributed by atoms with Crippen molar-refractivity contribution in [3.8, 4) is 6.07 Å². The molecule has 0 spiro atoms. The molecule has 0 saturated carbocycles. The van der Waals surface area contributed by atoms with E-state index in [4.69, 9.17) is 29.0 Å². The second-order valence-corrected chi connectivity index (χ2v) is 16.7. The molecule has 3 aromatic rings. The Hall–Kier alpha value is -3.36. The van der Waals surface area contributed by atoms with Gasteiger partial charge in [0, 0.05) is 6.61 Å². The van der Waals surface area contributed by atoms with E-state index in [9.17, 15) is 29.3 Å². The quantitative estimate of drug-likeness (QED) is 0.0278. The second kappa shape index (κ2) is 25.4. The summed E-state index contributed by atoms with van der Waals surface area (Å²) in [6.07, 6.45) is 17.2. The lowest BCUT2D eigenvalue weighted by atomic mass is 10.0. The molecule has 0 amide bonds.